The van der Waals surface area contributed by atoms with Crippen LogP contribution in [0.15, 0.2) is 4.21 Å². The van der Waals surface area contributed by atoms with Crippen molar-refractivity contribution in [3.8, 4) is 0 Å². The quantitative estimate of drug-likeness (QED) is 0.891. The van der Waals surface area contributed by atoms with Crippen molar-refractivity contribution in [3.63, 3.8) is 0 Å². The summed E-state index contributed by atoms with van der Waals surface area (Å²) in [5.74, 6) is 0.451. The lowest BCUT2D eigenvalue weighted by Gasteiger charge is -2.29. The highest BCUT2D eigenvalue weighted by molar-refractivity contribution is 7.91. The van der Waals surface area contributed by atoms with Crippen LogP contribution in [0.2, 0.25) is 4.47 Å². The Morgan fingerprint density at radius 3 is 2.55 bits per heavy atom. The number of nitrogens with zero attached hydrogens (tertiary/aromatic N) is 1. The lowest BCUT2D eigenvalue weighted by molar-refractivity contribution is 0.285. The zero-order chi connectivity index (χ0) is 14.8. The topological polar surface area (TPSA) is 59.1 Å². The second kappa shape index (κ2) is 6.73. The summed E-state index contributed by atoms with van der Waals surface area (Å²) in [7, 11) is -3.51. The van der Waals surface area contributed by atoms with E-state index in [4.69, 9.17) is 11.6 Å². The summed E-state index contributed by atoms with van der Waals surface area (Å²) in [5.41, 5.74) is 0.478. The van der Waals surface area contributed by atoms with Crippen LogP contribution >= 0.6 is 22.9 Å². The fourth-order valence-corrected chi connectivity index (χ4v) is 6.05. The highest BCUT2D eigenvalue weighted by Gasteiger charge is 2.29. The molecule has 0 radical (unpaired) electrons. The van der Waals surface area contributed by atoms with Gasteiger partial charge in [-0.25, -0.2) is 18.1 Å². The third-order valence-electron chi connectivity index (χ3n) is 3.94. The van der Waals surface area contributed by atoms with E-state index in [1.165, 1.54) is 19.3 Å². The molecule has 1 aromatic rings. The van der Waals surface area contributed by atoms with Gasteiger partial charge in [0.1, 0.15) is 0 Å². The van der Waals surface area contributed by atoms with Crippen LogP contribution < -0.4 is 4.72 Å². The van der Waals surface area contributed by atoms with Gasteiger partial charge in [-0.2, -0.15) is 0 Å². The summed E-state index contributed by atoms with van der Waals surface area (Å²) in [6, 6.07) is 0.0144. The number of aromatic nitrogens is 1. The zero-order valence-electron chi connectivity index (χ0n) is 11.9. The van der Waals surface area contributed by atoms with Crippen molar-refractivity contribution in [2.45, 2.75) is 62.6 Å². The first-order valence-corrected chi connectivity index (χ1v) is 9.77. The van der Waals surface area contributed by atoms with Gasteiger partial charge in [0.25, 0.3) is 10.0 Å². The first-order valence-electron chi connectivity index (χ1n) is 7.09. The molecule has 4 nitrogen and oxygen atoms in total. The lowest BCUT2D eigenvalue weighted by Crippen LogP contribution is -2.40. The normalized spacial score (nSPS) is 19.1. The monoisotopic (exact) mass is 336 g/mol. The van der Waals surface area contributed by atoms with Crippen LogP contribution in [-0.4, -0.2) is 19.4 Å². The fourth-order valence-electron chi connectivity index (χ4n) is 2.90. The van der Waals surface area contributed by atoms with E-state index in [0.29, 0.717) is 11.6 Å². The summed E-state index contributed by atoms with van der Waals surface area (Å²) in [4.78, 5) is 3.99. The molecule has 0 spiro atoms. The Kier molecular flexibility index (Phi) is 5.45. The maximum atomic E-state index is 12.5. The van der Waals surface area contributed by atoms with Crippen LogP contribution in [0.5, 0.6) is 0 Å². The minimum atomic E-state index is -3.51. The molecule has 0 saturated heterocycles. The molecular formula is C13H21ClN2O2S2. The molecule has 1 fully saturated rings. The van der Waals surface area contributed by atoms with E-state index < -0.39 is 10.0 Å². The molecule has 20 heavy (non-hydrogen) atoms. The minimum absolute atomic E-state index is 0.0144. The Morgan fingerprint density at radius 2 is 2.05 bits per heavy atom. The fraction of sp³-hybridized carbons (Fsp3) is 0.769. The number of hydrogen-bond donors (Lipinski definition) is 1. The van der Waals surface area contributed by atoms with Gasteiger partial charge in [-0.15, -0.1) is 0 Å². The molecule has 0 amide bonds. The summed E-state index contributed by atoms with van der Waals surface area (Å²) < 4.78 is 28.3. The van der Waals surface area contributed by atoms with Crippen molar-refractivity contribution in [2.24, 2.45) is 5.92 Å². The number of sulfonamides is 1. The van der Waals surface area contributed by atoms with Crippen molar-refractivity contribution in [1.29, 1.82) is 0 Å². The number of thiazole rings is 1. The first kappa shape index (κ1) is 16.2. The molecule has 1 aliphatic carbocycles. The minimum Gasteiger partial charge on any atom is -0.229 e. The van der Waals surface area contributed by atoms with Gasteiger partial charge < -0.3 is 0 Å². The summed E-state index contributed by atoms with van der Waals surface area (Å²) in [6.07, 6.45) is 6.72. The van der Waals surface area contributed by atoms with Crippen LogP contribution in [-0.2, 0) is 10.0 Å². The number of rotatable bonds is 5. The van der Waals surface area contributed by atoms with Crippen molar-refractivity contribution in [1.82, 2.24) is 9.71 Å². The van der Waals surface area contributed by atoms with E-state index >= 15 is 0 Å². The van der Waals surface area contributed by atoms with E-state index in [2.05, 4.69) is 9.71 Å². The van der Waals surface area contributed by atoms with Gasteiger partial charge in [0.05, 0.1) is 5.69 Å². The zero-order valence-corrected chi connectivity index (χ0v) is 14.2. The van der Waals surface area contributed by atoms with Crippen LogP contribution in [0.25, 0.3) is 0 Å². The van der Waals surface area contributed by atoms with Crippen LogP contribution in [0.4, 0.5) is 0 Å². The third kappa shape index (κ3) is 3.72. The Balaban J connectivity index is 2.15. The van der Waals surface area contributed by atoms with Gasteiger partial charge in [-0.05, 0) is 32.1 Å². The van der Waals surface area contributed by atoms with Gasteiger partial charge >= 0.3 is 0 Å². The molecule has 1 unspecified atom stereocenters. The molecule has 1 N–H and O–H groups in total. The number of nitrogens with one attached hydrogen (secondary N) is 1. The molecule has 0 aliphatic heterocycles. The highest BCUT2D eigenvalue weighted by Crippen LogP contribution is 2.31. The number of aryl methyl sites for hydroxylation is 1. The standard InChI is InChI=1S/C13H21ClN2O2S2/c1-3-11(10-7-5-4-6-8-10)16-20(17,18)12-9(2)15-13(14)19-12/h10-11,16H,3-8H2,1-2H3. The highest BCUT2D eigenvalue weighted by atomic mass is 35.5. The van der Waals surface area contributed by atoms with Crippen LogP contribution in [0, 0.1) is 12.8 Å². The van der Waals surface area contributed by atoms with E-state index in [-0.39, 0.29) is 14.7 Å². The van der Waals surface area contributed by atoms with Crippen molar-refractivity contribution < 1.29 is 8.42 Å². The van der Waals surface area contributed by atoms with Crippen LogP contribution in [0.1, 0.15) is 51.1 Å². The number of hydrogen-bond acceptors (Lipinski definition) is 4. The summed E-state index contributed by atoms with van der Waals surface area (Å²) >= 11 is 6.83. The molecule has 1 aliphatic rings. The summed E-state index contributed by atoms with van der Waals surface area (Å²) in [6.45, 7) is 3.72. The van der Waals surface area contributed by atoms with E-state index in [0.717, 1.165) is 30.6 Å². The number of halogens is 1. The van der Waals surface area contributed by atoms with Crippen molar-refractivity contribution in [2.75, 3.05) is 0 Å². The second-order valence-electron chi connectivity index (χ2n) is 5.37. The Morgan fingerprint density at radius 1 is 1.40 bits per heavy atom. The molecule has 1 heterocycles. The largest absolute Gasteiger partial charge is 0.252 e. The Bertz CT molecular complexity index is 551. The first-order chi connectivity index (χ1) is 9.44. The molecule has 0 bridgehead atoms. The maximum Gasteiger partial charge on any atom is 0.252 e. The molecule has 7 heteroatoms. The average Bonchev–Trinajstić information content (AvgIpc) is 2.77. The molecule has 1 aromatic heterocycles. The van der Waals surface area contributed by atoms with Crippen molar-refractivity contribution in [3.05, 3.63) is 10.2 Å². The molecular weight excluding hydrogens is 316 g/mol. The predicted molar refractivity (Wildman–Crippen MR) is 82.8 cm³/mol. The second-order valence-corrected chi connectivity index (χ2v) is 8.86. The third-order valence-corrected chi connectivity index (χ3v) is 7.30. The van der Waals surface area contributed by atoms with Gasteiger partial charge in [0, 0.05) is 6.04 Å². The Labute approximate surface area is 130 Å². The van der Waals surface area contributed by atoms with Crippen LogP contribution in [0.3, 0.4) is 0 Å². The van der Waals surface area contributed by atoms with Crippen molar-refractivity contribution >= 4 is 33.0 Å². The maximum absolute atomic E-state index is 12.5. The van der Waals surface area contributed by atoms with Gasteiger partial charge in [0.15, 0.2) is 8.68 Å². The Hall–Kier alpha value is -0.170. The smallest absolute Gasteiger partial charge is 0.229 e. The molecule has 114 valence electrons. The molecule has 1 atom stereocenters. The molecule has 1 saturated carbocycles. The van der Waals surface area contributed by atoms with E-state index in [1.807, 2.05) is 6.92 Å². The summed E-state index contributed by atoms with van der Waals surface area (Å²) in [5, 5.41) is 0. The van der Waals surface area contributed by atoms with E-state index in [1.54, 1.807) is 6.92 Å². The molecule has 0 aromatic carbocycles. The lowest BCUT2D eigenvalue weighted by atomic mass is 9.83. The predicted octanol–water partition coefficient (Wildman–Crippen LogP) is 3.74. The SMILES string of the molecule is CCC(NS(=O)(=O)c1sc(Cl)nc1C)C1CCCCC1. The van der Waals surface area contributed by atoms with Gasteiger partial charge in [0.2, 0.25) is 0 Å². The van der Waals surface area contributed by atoms with Gasteiger partial charge in [-0.3, -0.25) is 0 Å². The van der Waals surface area contributed by atoms with Gasteiger partial charge in [-0.1, -0.05) is 49.1 Å². The van der Waals surface area contributed by atoms with E-state index in [9.17, 15) is 8.42 Å². The molecule has 2 rings (SSSR count). The average molecular weight is 337 g/mol.